The molecule has 0 amide bonds. The minimum atomic E-state index is 0.300. The van der Waals surface area contributed by atoms with Gasteiger partial charge in [0.25, 0.3) is 0 Å². The van der Waals surface area contributed by atoms with Crippen LogP contribution in [0.1, 0.15) is 31.3 Å². The first-order chi connectivity index (χ1) is 14.7. The second-order valence-corrected chi connectivity index (χ2v) is 7.65. The molecule has 1 aromatic carbocycles. The number of aryl methyl sites for hydroxylation is 2. The highest BCUT2D eigenvalue weighted by molar-refractivity contribution is 5.76. The van der Waals surface area contributed by atoms with Gasteiger partial charge in [-0.1, -0.05) is 30.3 Å². The van der Waals surface area contributed by atoms with Crippen molar-refractivity contribution in [1.29, 1.82) is 0 Å². The van der Waals surface area contributed by atoms with Crippen molar-refractivity contribution in [2.75, 3.05) is 0 Å². The standard InChI is InChI=1S/C23H23N7/c1-16(2)29-13-12-19(28-29)23-22(18-9-11-21-24-15-25-30(21)14-18)26-20(27-23)10-8-17-6-4-3-5-7-17/h3-7,9,11-16H,8,10H2,1-2H3,(H,26,27). The van der Waals surface area contributed by atoms with Gasteiger partial charge in [-0.25, -0.2) is 14.5 Å². The van der Waals surface area contributed by atoms with Gasteiger partial charge in [0, 0.05) is 30.4 Å². The molecule has 0 bridgehead atoms. The molecule has 0 unspecified atom stereocenters. The Bertz CT molecular complexity index is 1280. The average molecular weight is 397 g/mol. The quantitative estimate of drug-likeness (QED) is 0.462. The van der Waals surface area contributed by atoms with E-state index in [2.05, 4.69) is 53.2 Å². The number of hydrogen-bond donors (Lipinski definition) is 1. The molecule has 0 fully saturated rings. The molecular weight excluding hydrogens is 374 g/mol. The third-order valence-corrected chi connectivity index (χ3v) is 5.19. The zero-order valence-corrected chi connectivity index (χ0v) is 17.0. The number of fused-ring (bicyclic) bond motifs is 1. The number of hydrogen-bond acceptors (Lipinski definition) is 4. The van der Waals surface area contributed by atoms with E-state index in [9.17, 15) is 0 Å². The number of nitrogens with zero attached hydrogens (tertiary/aromatic N) is 6. The lowest BCUT2D eigenvalue weighted by Gasteiger charge is -2.04. The molecule has 0 radical (unpaired) electrons. The minimum Gasteiger partial charge on any atom is -0.340 e. The van der Waals surface area contributed by atoms with E-state index in [0.717, 1.165) is 47.0 Å². The molecular formula is C23H23N7. The molecule has 5 rings (SSSR count). The van der Waals surface area contributed by atoms with Crippen LogP contribution in [0.3, 0.4) is 0 Å². The Morgan fingerprint density at radius 1 is 1.00 bits per heavy atom. The Balaban J connectivity index is 1.54. The molecule has 5 aromatic rings. The number of aromatic amines is 1. The van der Waals surface area contributed by atoms with E-state index >= 15 is 0 Å². The molecule has 0 saturated carbocycles. The number of nitrogens with one attached hydrogen (secondary N) is 1. The molecule has 7 nitrogen and oxygen atoms in total. The van der Waals surface area contributed by atoms with Crippen LogP contribution in [0.4, 0.5) is 0 Å². The number of H-pyrrole nitrogens is 1. The van der Waals surface area contributed by atoms with Gasteiger partial charge in [0.15, 0.2) is 5.65 Å². The SMILES string of the molecule is CC(C)n1ccc(-c2[nH]c(CCc3ccccc3)nc2-c2ccc3ncnn3c2)n1. The molecule has 0 aliphatic heterocycles. The number of aromatic nitrogens is 7. The van der Waals surface area contributed by atoms with Crippen LogP contribution in [0.25, 0.3) is 28.3 Å². The average Bonchev–Trinajstić information content (AvgIpc) is 3.51. The first-order valence-corrected chi connectivity index (χ1v) is 10.2. The maximum atomic E-state index is 4.95. The van der Waals surface area contributed by atoms with E-state index in [1.54, 1.807) is 10.8 Å². The first-order valence-electron chi connectivity index (χ1n) is 10.2. The van der Waals surface area contributed by atoms with Crippen molar-refractivity contribution >= 4 is 5.65 Å². The van der Waals surface area contributed by atoms with Crippen LogP contribution in [0.15, 0.2) is 67.3 Å². The van der Waals surface area contributed by atoms with Crippen molar-refractivity contribution in [2.24, 2.45) is 0 Å². The minimum absolute atomic E-state index is 0.300. The highest BCUT2D eigenvalue weighted by atomic mass is 15.3. The number of benzene rings is 1. The molecule has 7 heteroatoms. The highest BCUT2D eigenvalue weighted by Gasteiger charge is 2.17. The monoisotopic (exact) mass is 397 g/mol. The summed E-state index contributed by atoms with van der Waals surface area (Å²) in [5, 5.41) is 9.03. The molecule has 0 atom stereocenters. The summed E-state index contributed by atoms with van der Waals surface area (Å²) >= 11 is 0. The van der Waals surface area contributed by atoms with Crippen LogP contribution in [-0.2, 0) is 12.8 Å². The van der Waals surface area contributed by atoms with Crippen LogP contribution in [0.5, 0.6) is 0 Å². The van der Waals surface area contributed by atoms with Crippen LogP contribution in [0, 0.1) is 0 Å². The van der Waals surface area contributed by atoms with E-state index in [1.807, 2.05) is 41.3 Å². The third-order valence-electron chi connectivity index (χ3n) is 5.19. The van der Waals surface area contributed by atoms with Crippen molar-refractivity contribution in [2.45, 2.75) is 32.7 Å². The van der Waals surface area contributed by atoms with Crippen LogP contribution in [0.2, 0.25) is 0 Å². The van der Waals surface area contributed by atoms with Crippen molar-refractivity contribution in [3.63, 3.8) is 0 Å². The molecule has 30 heavy (non-hydrogen) atoms. The van der Waals surface area contributed by atoms with E-state index in [0.29, 0.717) is 6.04 Å². The maximum absolute atomic E-state index is 4.95. The summed E-state index contributed by atoms with van der Waals surface area (Å²) in [6.45, 7) is 4.24. The first kappa shape index (κ1) is 18.3. The van der Waals surface area contributed by atoms with Crippen LogP contribution < -0.4 is 0 Å². The molecule has 0 saturated heterocycles. The lowest BCUT2D eigenvalue weighted by atomic mass is 10.1. The lowest BCUT2D eigenvalue weighted by molar-refractivity contribution is 0.534. The Kier molecular flexibility index (Phi) is 4.63. The second kappa shape index (κ2) is 7.59. The van der Waals surface area contributed by atoms with Gasteiger partial charge in [-0.2, -0.15) is 10.2 Å². The lowest BCUT2D eigenvalue weighted by Crippen LogP contribution is -2.01. The van der Waals surface area contributed by atoms with Gasteiger partial charge in [-0.3, -0.25) is 4.68 Å². The van der Waals surface area contributed by atoms with Gasteiger partial charge in [0.2, 0.25) is 0 Å². The molecule has 0 spiro atoms. The predicted octanol–water partition coefficient (Wildman–Crippen LogP) is 4.35. The summed E-state index contributed by atoms with van der Waals surface area (Å²) in [6, 6.07) is 16.8. The van der Waals surface area contributed by atoms with Crippen molar-refractivity contribution in [1.82, 2.24) is 34.3 Å². The van der Waals surface area contributed by atoms with Crippen molar-refractivity contribution < 1.29 is 0 Å². The van der Waals surface area contributed by atoms with E-state index in [4.69, 9.17) is 10.1 Å². The summed E-state index contributed by atoms with van der Waals surface area (Å²) in [6.07, 6.45) is 7.28. The highest BCUT2D eigenvalue weighted by Crippen LogP contribution is 2.30. The molecule has 4 aromatic heterocycles. The molecule has 1 N–H and O–H groups in total. The van der Waals surface area contributed by atoms with Crippen molar-refractivity contribution in [3.8, 4) is 22.6 Å². The topological polar surface area (TPSA) is 76.7 Å². The maximum Gasteiger partial charge on any atom is 0.155 e. The summed E-state index contributed by atoms with van der Waals surface area (Å²) in [5.41, 5.74) is 5.77. The number of rotatable bonds is 6. The van der Waals surface area contributed by atoms with Gasteiger partial charge < -0.3 is 4.98 Å². The largest absolute Gasteiger partial charge is 0.340 e. The fraction of sp³-hybridized carbons (Fsp3) is 0.217. The summed E-state index contributed by atoms with van der Waals surface area (Å²) in [7, 11) is 0. The Hall–Kier alpha value is -3.74. The fourth-order valence-electron chi connectivity index (χ4n) is 3.56. The molecule has 4 heterocycles. The smallest absolute Gasteiger partial charge is 0.155 e. The summed E-state index contributed by atoms with van der Waals surface area (Å²) < 4.78 is 3.73. The molecule has 0 aliphatic rings. The van der Waals surface area contributed by atoms with E-state index in [1.165, 1.54) is 5.56 Å². The number of pyridine rings is 1. The Morgan fingerprint density at radius 3 is 2.67 bits per heavy atom. The Morgan fingerprint density at radius 2 is 1.87 bits per heavy atom. The Labute approximate surface area is 174 Å². The zero-order valence-electron chi connectivity index (χ0n) is 17.0. The van der Waals surface area contributed by atoms with E-state index < -0.39 is 0 Å². The van der Waals surface area contributed by atoms with Gasteiger partial charge in [0.05, 0.1) is 11.4 Å². The fourth-order valence-corrected chi connectivity index (χ4v) is 3.56. The normalized spacial score (nSPS) is 11.6. The number of imidazole rings is 1. The van der Waals surface area contributed by atoms with Gasteiger partial charge in [0.1, 0.15) is 17.8 Å². The summed E-state index contributed by atoms with van der Waals surface area (Å²) in [4.78, 5) is 12.7. The van der Waals surface area contributed by atoms with Crippen LogP contribution >= 0.6 is 0 Å². The van der Waals surface area contributed by atoms with Gasteiger partial charge in [-0.15, -0.1) is 0 Å². The van der Waals surface area contributed by atoms with Gasteiger partial charge in [-0.05, 0) is 44.0 Å². The van der Waals surface area contributed by atoms with Crippen molar-refractivity contribution in [3.05, 3.63) is 78.6 Å². The predicted molar refractivity (Wildman–Crippen MR) is 116 cm³/mol. The molecule has 0 aliphatic carbocycles. The van der Waals surface area contributed by atoms with E-state index in [-0.39, 0.29) is 0 Å². The third kappa shape index (κ3) is 3.50. The second-order valence-electron chi connectivity index (χ2n) is 7.65. The summed E-state index contributed by atoms with van der Waals surface area (Å²) in [5.74, 6) is 0.946. The zero-order chi connectivity index (χ0) is 20.5. The van der Waals surface area contributed by atoms with Gasteiger partial charge >= 0.3 is 0 Å². The van der Waals surface area contributed by atoms with Crippen LogP contribution in [-0.4, -0.2) is 34.3 Å². The molecule has 150 valence electrons.